The standard InChI is InChI=1S/C16H15Cl2NO2S/c1-10(21-14-8-4-7-13(17)15(14)18)16(20)19-11-5-3-6-12(9-11)22-2/h3-10H,1-2H3,(H,19,20). The van der Waals surface area contributed by atoms with Gasteiger partial charge in [0.1, 0.15) is 10.8 Å². The molecule has 0 fully saturated rings. The predicted molar refractivity (Wildman–Crippen MR) is 93.4 cm³/mol. The Kier molecular flexibility index (Phi) is 6.00. The van der Waals surface area contributed by atoms with Crippen LogP contribution in [0.2, 0.25) is 10.0 Å². The van der Waals surface area contributed by atoms with Gasteiger partial charge in [0.2, 0.25) is 0 Å². The Labute approximate surface area is 144 Å². The SMILES string of the molecule is CSc1cccc(NC(=O)C(C)Oc2cccc(Cl)c2Cl)c1. The number of rotatable bonds is 5. The Hall–Kier alpha value is -1.36. The van der Waals surface area contributed by atoms with Crippen molar-refractivity contribution in [2.24, 2.45) is 0 Å². The van der Waals surface area contributed by atoms with E-state index in [2.05, 4.69) is 5.32 Å². The Bertz CT molecular complexity index is 679. The van der Waals surface area contributed by atoms with Gasteiger partial charge in [0, 0.05) is 10.6 Å². The Balaban J connectivity index is 2.04. The third-order valence-electron chi connectivity index (χ3n) is 2.93. The summed E-state index contributed by atoms with van der Waals surface area (Å²) in [4.78, 5) is 13.3. The lowest BCUT2D eigenvalue weighted by Gasteiger charge is -2.16. The Morgan fingerprint density at radius 1 is 1.23 bits per heavy atom. The van der Waals surface area contributed by atoms with Crippen LogP contribution < -0.4 is 10.1 Å². The maximum atomic E-state index is 12.2. The number of carbonyl (C=O) groups excluding carboxylic acids is 1. The summed E-state index contributed by atoms with van der Waals surface area (Å²) in [5, 5.41) is 3.51. The molecule has 2 rings (SSSR count). The van der Waals surface area contributed by atoms with Crippen LogP contribution in [0, 0.1) is 0 Å². The molecule has 1 atom stereocenters. The minimum atomic E-state index is -0.700. The van der Waals surface area contributed by atoms with Crippen LogP contribution in [0.4, 0.5) is 5.69 Å². The Morgan fingerprint density at radius 3 is 2.68 bits per heavy atom. The molecule has 0 saturated carbocycles. The van der Waals surface area contributed by atoms with Crippen molar-refractivity contribution in [1.82, 2.24) is 0 Å². The summed E-state index contributed by atoms with van der Waals surface area (Å²) in [6, 6.07) is 12.7. The van der Waals surface area contributed by atoms with Crippen LogP contribution in [-0.2, 0) is 4.79 Å². The lowest BCUT2D eigenvalue weighted by atomic mass is 10.3. The van der Waals surface area contributed by atoms with Crippen molar-refractivity contribution >= 4 is 46.6 Å². The van der Waals surface area contributed by atoms with Crippen LogP contribution >= 0.6 is 35.0 Å². The normalized spacial score (nSPS) is 11.8. The molecule has 22 heavy (non-hydrogen) atoms. The molecule has 0 spiro atoms. The van der Waals surface area contributed by atoms with E-state index in [1.807, 2.05) is 30.5 Å². The number of halogens is 2. The van der Waals surface area contributed by atoms with Crippen molar-refractivity contribution in [1.29, 1.82) is 0 Å². The monoisotopic (exact) mass is 355 g/mol. The first-order chi connectivity index (χ1) is 10.5. The highest BCUT2D eigenvalue weighted by Gasteiger charge is 2.17. The molecule has 0 aliphatic carbocycles. The lowest BCUT2D eigenvalue weighted by Crippen LogP contribution is -2.30. The topological polar surface area (TPSA) is 38.3 Å². The summed E-state index contributed by atoms with van der Waals surface area (Å²) < 4.78 is 5.58. The van der Waals surface area contributed by atoms with Gasteiger partial charge in [-0.2, -0.15) is 0 Å². The van der Waals surface area contributed by atoms with Crippen LogP contribution in [0.25, 0.3) is 0 Å². The fourth-order valence-corrected chi connectivity index (χ4v) is 2.56. The van der Waals surface area contributed by atoms with E-state index in [1.54, 1.807) is 36.9 Å². The zero-order valence-corrected chi connectivity index (χ0v) is 14.4. The maximum Gasteiger partial charge on any atom is 0.265 e. The van der Waals surface area contributed by atoms with E-state index < -0.39 is 6.10 Å². The molecule has 2 aromatic carbocycles. The van der Waals surface area contributed by atoms with Gasteiger partial charge >= 0.3 is 0 Å². The molecule has 2 aromatic rings. The van der Waals surface area contributed by atoms with E-state index in [0.29, 0.717) is 15.8 Å². The van der Waals surface area contributed by atoms with Gasteiger partial charge in [-0.1, -0.05) is 35.3 Å². The highest BCUT2D eigenvalue weighted by molar-refractivity contribution is 7.98. The van der Waals surface area contributed by atoms with Crippen LogP contribution in [0.3, 0.4) is 0 Å². The molecule has 116 valence electrons. The molecule has 0 radical (unpaired) electrons. The molecule has 0 aromatic heterocycles. The van der Waals surface area contributed by atoms with E-state index >= 15 is 0 Å². The number of hydrogen-bond donors (Lipinski definition) is 1. The van der Waals surface area contributed by atoms with Gasteiger partial charge in [-0.25, -0.2) is 0 Å². The first-order valence-electron chi connectivity index (χ1n) is 6.57. The van der Waals surface area contributed by atoms with Crippen molar-refractivity contribution < 1.29 is 9.53 Å². The molecule has 1 unspecified atom stereocenters. The summed E-state index contributed by atoms with van der Waals surface area (Å²) in [5.41, 5.74) is 0.726. The molecule has 0 aliphatic heterocycles. The van der Waals surface area contributed by atoms with Crippen molar-refractivity contribution in [2.45, 2.75) is 17.9 Å². The average Bonchev–Trinajstić information content (AvgIpc) is 2.52. The average molecular weight is 356 g/mol. The summed E-state index contributed by atoms with van der Waals surface area (Å²) >= 11 is 13.6. The molecule has 0 saturated heterocycles. The smallest absolute Gasteiger partial charge is 0.265 e. The van der Waals surface area contributed by atoms with Crippen molar-refractivity contribution in [2.75, 3.05) is 11.6 Å². The van der Waals surface area contributed by atoms with Gasteiger partial charge in [-0.15, -0.1) is 11.8 Å². The first kappa shape index (κ1) is 17.0. The second kappa shape index (κ2) is 7.77. The van der Waals surface area contributed by atoms with Crippen molar-refractivity contribution in [3.8, 4) is 5.75 Å². The number of amides is 1. The predicted octanol–water partition coefficient (Wildman–Crippen LogP) is 5.12. The number of anilines is 1. The molecule has 3 nitrogen and oxygen atoms in total. The van der Waals surface area contributed by atoms with E-state index in [1.165, 1.54) is 0 Å². The third-order valence-corrected chi connectivity index (χ3v) is 4.45. The van der Waals surface area contributed by atoms with Crippen molar-refractivity contribution in [3.63, 3.8) is 0 Å². The largest absolute Gasteiger partial charge is 0.479 e. The molecule has 0 aliphatic rings. The second-order valence-electron chi connectivity index (χ2n) is 4.53. The maximum absolute atomic E-state index is 12.2. The van der Waals surface area contributed by atoms with Gasteiger partial charge in [-0.05, 0) is 43.5 Å². The van der Waals surface area contributed by atoms with Crippen LogP contribution in [-0.4, -0.2) is 18.3 Å². The number of benzene rings is 2. The number of hydrogen-bond acceptors (Lipinski definition) is 3. The van der Waals surface area contributed by atoms with Crippen LogP contribution in [0.1, 0.15) is 6.92 Å². The number of ether oxygens (including phenoxy) is 1. The van der Waals surface area contributed by atoms with Crippen LogP contribution in [0.5, 0.6) is 5.75 Å². The molecular formula is C16H15Cl2NO2S. The van der Waals surface area contributed by atoms with E-state index in [0.717, 1.165) is 10.6 Å². The summed E-state index contributed by atoms with van der Waals surface area (Å²) in [5.74, 6) is 0.129. The zero-order chi connectivity index (χ0) is 16.1. The van der Waals surface area contributed by atoms with Crippen molar-refractivity contribution in [3.05, 3.63) is 52.5 Å². The minimum Gasteiger partial charge on any atom is -0.479 e. The molecule has 0 bridgehead atoms. The fraction of sp³-hybridized carbons (Fsp3) is 0.188. The number of nitrogens with one attached hydrogen (secondary N) is 1. The lowest BCUT2D eigenvalue weighted by molar-refractivity contribution is -0.122. The summed E-state index contributed by atoms with van der Waals surface area (Å²) in [7, 11) is 0. The van der Waals surface area contributed by atoms with E-state index in [4.69, 9.17) is 27.9 Å². The quantitative estimate of drug-likeness (QED) is 0.756. The van der Waals surface area contributed by atoms with E-state index in [-0.39, 0.29) is 5.91 Å². The molecule has 1 amide bonds. The van der Waals surface area contributed by atoms with Gasteiger partial charge in [0.15, 0.2) is 6.10 Å². The number of thioether (sulfide) groups is 1. The van der Waals surface area contributed by atoms with Gasteiger partial charge in [0.05, 0.1) is 5.02 Å². The van der Waals surface area contributed by atoms with Gasteiger partial charge in [-0.3, -0.25) is 4.79 Å². The molecule has 1 N–H and O–H groups in total. The second-order valence-corrected chi connectivity index (χ2v) is 6.20. The molecule has 0 heterocycles. The summed E-state index contributed by atoms with van der Waals surface area (Å²) in [6.45, 7) is 1.66. The highest BCUT2D eigenvalue weighted by atomic mass is 35.5. The minimum absolute atomic E-state index is 0.255. The van der Waals surface area contributed by atoms with Gasteiger partial charge < -0.3 is 10.1 Å². The van der Waals surface area contributed by atoms with Crippen LogP contribution in [0.15, 0.2) is 47.4 Å². The zero-order valence-electron chi connectivity index (χ0n) is 12.1. The number of carbonyl (C=O) groups is 1. The summed E-state index contributed by atoms with van der Waals surface area (Å²) in [6.07, 6.45) is 1.28. The van der Waals surface area contributed by atoms with E-state index in [9.17, 15) is 4.79 Å². The highest BCUT2D eigenvalue weighted by Crippen LogP contribution is 2.32. The fourth-order valence-electron chi connectivity index (χ4n) is 1.76. The van der Waals surface area contributed by atoms with Gasteiger partial charge in [0.25, 0.3) is 5.91 Å². The third kappa shape index (κ3) is 4.32. The molecule has 6 heteroatoms. The first-order valence-corrected chi connectivity index (χ1v) is 8.55. The molecular weight excluding hydrogens is 341 g/mol. The Morgan fingerprint density at radius 2 is 1.95 bits per heavy atom.